The molecule has 2 amide bonds. The molecule has 0 spiro atoms. The molecule has 0 aromatic heterocycles. The molecular weight excluding hydrogens is 552 g/mol. The Morgan fingerprint density at radius 2 is 1.69 bits per heavy atom. The Hall–Kier alpha value is -2.07. The predicted octanol–water partition coefficient (Wildman–Crippen LogP) is 5.13. The number of halogens is 4. The number of carbonyl (C=O) groups excluding carboxylic acids is 2. The molecule has 0 bridgehead atoms. The average molecular weight is 581 g/mol. The van der Waals surface area contributed by atoms with Crippen molar-refractivity contribution in [2.45, 2.75) is 39.8 Å². The Kier molecular flexibility index (Phi) is 10.8. The standard InChI is InChI=1S/C24H29Cl3FN3O4S/c1-5-22(24(33)29-12-15(2)3)30(13-16-6-8-18(25)19(26)10-16)23(32)14-31(36(4,34)35)17-7-9-21(28)20(27)11-17/h6-11,15,22H,5,12-14H2,1-4H3,(H,29,33)/t22-/m0/s1. The molecule has 2 rings (SSSR count). The summed E-state index contributed by atoms with van der Waals surface area (Å²) in [4.78, 5) is 27.9. The van der Waals surface area contributed by atoms with Gasteiger partial charge < -0.3 is 10.2 Å². The summed E-state index contributed by atoms with van der Waals surface area (Å²) >= 11 is 18.0. The van der Waals surface area contributed by atoms with E-state index < -0.39 is 34.3 Å². The van der Waals surface area contributed by atoms with E-state index in [4.69, 9.17) is 34.8 Å². The van der Waals surface area contributed by atoms with E-state index in [-0.39, 0.29) is 40.5 Å². The Morgan fingerprint density at radius 1 is 1.03 bits per heavy atom. The molecule has 0 aliphatic heterocycles. The van der Waals surface area contributed by atoms with Crippen LogP contribution < -0.4 is 9.62 Å². The second-order valence-corrected chi connectivity index (χ2v) is 11.8. The molecule has 2 aromatic carbocycles. The highest BCUT2D eigenvalue weighted by Crippen LogP contribution is 2.26. The molecule has 1 atom stereocenters. The van der Waals surface area contributed by atoms with Crippen LogP contribution in [0.2, 0.25) is 15.1 Å². The largest absolute Gasteiger partial charge is 0.354 e. The molecule has 0 aliphatic rings. The maximum absolute atomic E-state index is 13.7. The highest BCUT2D eigenvalue weighted by Gasteiger charge is 2.32. The molecular formula is C24H29Cl3FN3O4S. The molecule has 7 nitrogen and oxygen atoms in total. The van der Waals surface area contributed by atoms with Gasteiger partial charge in [-0.2, -0.15) is 0 Å². The predicted molar refractivity (Wildman–Crippen MR) is 143 cm³/mol. The average Bonchev–Trinajstić information content (AvgIpc) is 2.79. The van der Waals surface area contributed by atoms with Crippen LogP contribution in [-0.2, 0) is 26.2 Å². The molecule has 0 unspecified atom stereocenters. The first-order valence-electron chi connectivity index (χ1n) is 11.2. The fraction of sp³-hybridized carbons (Fsp3) is 0.417. The van der Waals surface area contributed by atoms with Crippen molar-refractivity contribution in [2.24, 2.45) is 5.92 Å². The van der Waals surface area contributed by atoms with Crippen molar-refractivity contribution in [2.75, 3.05) is 23.7 Å². The maximum atomic E-state index is 13.7. The summed E-state index contributed by atoms with van der Waals surface area (Å²) < 4.78 is 39.7. The minimum Gasteiger partial charge on any atom is -0.354 e. The first-order chi connectivity index (χ1) is 16.7. The Bertz CT molecular complexity index is 1210. The van der Waals surface area contributed by atoms with Crippen molar-refractivity contribution >= 4 is 62.3 Å². The summed E-state index contributed by atoms with van der Waals surface area (Å²) in [6.07, 6.45) is 1.20. The van der Waals surface area contributed by atoms with E-state index in [2.05, 4.69) is 5.32 Å². The van der Waals surface area contributed by atoms with Crippen molar-refractivity contribution in [3.63, 3.8) is 0 Å². The molecule has 0 fully saturated rings. The van der Waals surface area contributed by atoms with Crippen molar-refractivity contribution in [1.82, 2.24) is 10.2 Å². The topological polar surface area (TPSA) is 86.8 Å². The van der Waals surface area contributed by atoms with Crippen LogP contribution in [0.4, 0.5) is 10.1 Å². The van der Waals surface area contributed by atoms with E-state index in [1.165, 1.54) is 11.0 Å². The highest BCUT2D eigenvalue weighted by molar-refractivity contribution is 7.92. The SMILES string of the molecule is CC[C@@H](C(=O)NCC(C)C)N(Cc1ccc(Cl)c(Cl)c1)C(=O)CN(c1ccc(F)c(Cl)c1)S(C)(=O)=O. The Labute approximate surface area is 226 Å². The van der Waals surface area contributed by atoms with Crippen LogP contribution >= 0.6 is 34.8 Å². The molecule has 36 heavy (non-hydrogen) atoms. The lowest BCUT2D eigenvalue weighted by Gasteiger charge is -2.33. The summed E-state index contributed by atoms with van der Waals surface area (Å²) in [7, 11) is -3.97. The van der Waals surface area contributed by atoms with Gasteiger partial charge in [-0.1, -0.05) is 61.6 Å². The van der Waals surface area contributed by atoms with Crippen LogP contribution in [0.15, 0.2) is 36.4 Å². The normalized spacial score (nSPS) is 12.4. The van der Waals surface area contributed by atoms with Gasteiger partial charge in [0.05, 0.1) is 27.0 Å². The number of carbonyl (C=O) groups is 2. The maximum Gasteiger partial charge on any atom is 0.244 e. The number of hydrogen-bond acceptors (Lipinski definition) is 4. The van der Waals surface area contributed by atoms with Crippen LogP contribution in [0.5, 0.6) is 0 Å². The van der Waals surface area contributed by atoms with E-state index >= 15 is 0 Å². The van der Waals surface area contributed by atoms with E-state index in [1.54, 1.807) is 25.1 Å². The summed E-state index contributed by atoms with van der Waals surface area (Å²) in [6.45, 7) is 5.40. The zero-order valence-corrected chi connectivity index (χ0v) is 23.5. The van der Waals surface area contributed by atoms with E-state index in [9.17, 15) is 22.4 Å². The van der Waals surface area contributed by atoms with Crippen molar-refractivity contribution in [3.05, 3.63) is 62.8 Å². The first-order valence-corrected chi connectivity index (χ1v) is 14.2. The van der Waals surface area contributed by atoms with Crippen molar-refractivity contribution in [3.8, 4) is 0 Å². The van der Waals surface area contributed by atoms with Gasteiger partial charge in [0.2, 0.25) is 21.8 Å². The summed E-state index contributed by atoms with van der Waals surface area (Å²) in [6, 6.07) is 7.29. The summed E-state index contributed by atoms with van der Waals surface area (Å²) in [5, 5.41) is 3.15. The van der Waals surface area contributed by atoms with E-state index in [0.717, 1.165) is 22.7 Å². The highest BCUT2D eigenvalue weighted by atomic mass is 35.5. The second-order valence-electron chi connectivity index (χ2n) is 8.70. The number of benzene rings is 2. The lowest BCUT2D eigenvalue weighted by atomic mass is 10.1. The molecule has 0 saturated carbocycles. The Morgan fingerprint density at radius 3 is 2.22 bits per heavy atom. The van der Waals surface area contributed by atoms with Crippen LogP contribution in [0.3, 0.4) is 0 Å². The number of nitrogens with one attached hydrogen (secondary N) is 1. The summed E-state index contributed by atoms with van der Waals surface area (Å²) in [5.41, 5.74) is 0.618. The van der Waals surface area contributed by atoms with Gasteiger partial charge in [0, 0.05) is 13.1 Å². The smallest absolute Gasteiger partial charge is 0.244 e. The fourth-order valence-corrected chi connectivity index (χ4v) is 4.77. The van der Waals surface area contributed by atoms with Gasteiger partial charge in [-0.05, 0) is 48.2 Å². The number of rotatable bonds is 11. The van der Waals surface area contributed by atoms with Gasteiger partial charge >= 0.3 is 0 Å². The van der Waals surface area contributed by atoms with Crippen molar-refractivity contribution in [1.29, 1.82) is 0 Å². The van der Waals surface area contributed by atoms with Crippen LogP contribution in [0.1, 0.15) is 32.8 Å². The van der Waals surface area contributed by atoms with Gasteiger partial charge in [-0.25, -0.2) is 12.8 Å². The summed E-state index contributed by atoms with van der Waals surface area (Å²) in [5.74, 6) is -1.54. The van der Waals surface area contributed by atoms with Crippen LogP contribution in [-0.4, -0.2) is 50.5 Å². The molecule has 1 N–H and O–H groups in total. The third-order valence-electron chi connectivity index (χ3n) is 5.28. The minimum absolute atomic E-state index is 0.0176. The van der Waals surface area contributed by atoms with Gasteiger partial charge in [-0.3, -0.25) is 13.9 Å². The van der Waals surface area contributed by atoms with Crippen molar-refractivity contribution < 1.29 is 22.4 Å². The molecule has 0 heterocycles. The van der Waals surface area contributed by atoms with Gasteiger partial charge in [0.15, 0.2) is 0 Å². The number of anilines is 1. The number of hydrogen-bond donors (Lipinski definition) is 1. The number of sulfonamides is 1. The third-order valence-corrected chi connectivity index (χ3v) is 7.45. The quantitative estimate of drug-likeness (QED) is 0.399. The Balaban J connectivity index is 2.46. The van der Waals surface area contributed by atoms with Crippen LogP contribution in [0.25, 0.3) is 0 Å². The van der Waals surface area contributed by atoms with E-state index in [1.807, 2.05) is 13.8 Å². The monoisotopic (exact) mass is 579 g/mol. The third kappa shape index (κ3) is 8.23. The van der Waals surface area contributed by atoms with E-state index in [0.29, 0.717) is 17.1 Å². The van der Waals surface area contributed by atoms with Gasteiger partial charge in [0.25, 0.3) is 0 Å². The fourth-order valence-electron chi connectivity index (χ4n) is 3.43. The first kappa shape index (κ1) is 30.2. The van der Waals surface area contributed by atoms with Gasteiger partial charge in [0.1, 0.15) is 18.4 Å². The van der Waals surface area contributed by atoms with Crippen LogP contribution in [0, 0.1) is 11.7 Å². The lowest BCUT2D eigenvalue weighted by molar-refractivity contribution is -0.140. The minimum atomic E-state index is -3.97. The molecule has 0 aliphatic carbocycles. The second kappa shape index (κ2) is 12.9. The lowest BCUT2D eigenvalue weighted by Crippen LogP contribution is -2.52. The zero-order chi connectivity index (χ0) is 27.2. The van der Waals surface area contributed by atoms with Gasteiger partial charge in [-0.15, -0.1) is 0 Å². The zero-order valence-electron chi connectivity index (χ0n) is 20.4. The molecule has 0 saturated heterocycles. The molecule has 12 heteroatoms. The molecule has 198 valence electrons. The number of amides is 2. The number of nitrogens with zero attached hydrogens (tertiary/aromatic N) is 2. The molecule has 2 aromatic rings. The molecule has 0 radical (unpaired) electrons.